The summed E-state index contributed by atoms with van der Waals surface area (Å²) in [6.45, 7) is 0. The zero-order valence-corrected chi connectivity index (χ0v) is 16.0. The third-order valence-corrected chi connectivity index (χ3v) is 5.62. The molecule has 5 nitrogen and oxygen atoms in total. The number of carboxylic acid groups (broad SMARTS) is 1. The average Bonchev–Trinajstić information content (AvgIpc) is 2.67. The molecular formula is C22H21NO4S. The smallest absolute Gasteiger partial charge is 0.335 e. The molecule has 0 aliphatic rings. The van der Waals surface area contributed by atoms with Gasteiger partial charge in [-0.15, -0.1) is 0 Å². The molecule has 0 radical (unpaired) electrons. The topological polar surface area (TPSA) is 83.5 Å². The van der Waals surface area contributed by atoms with E-state index in [9.17, 15) is 18.3 Å². The molecule has 0 bridgehead atoms. The molecule has 0 amide bonds. The molecule has 3 aromatic rings. The second-order valence-electron chi connectivity index (χ2n) is 6.51. The van der Waals surface area contributed by atoms with Crippen molar-refractivity contribution >= 4 is 21.7 Å². The molecule has 0 saturated heterocycles. The SMILES string of the molecule is O=C(O)c1ccccc1CCc1ccc(NS(=O)(=O)Cc2ccccc2)cc1. The molecule has 0 aliphatic carbocycles. The number of aryl methyl sites for hydroxylation is 2. The van der Waals surface area contributed by atoms with Gasteiger partial charge in [0.15, 0.2) is 0 Å². The number of aromatic carboxylic acids is 1. The van der Waals surface area contributed by atoms with Crippen molar-refractivity contribution in [3.63, 3.8) is 0 Å². The molecule has 0 aliphatic heterocycles. The number of hydrogen-bond acceptors (Lipinski definition) is 3. The number of anilines is 1. The molecule has 28 heavy (non-hydrogen) atoms. The largest absolute Gasteiger partial charge is 0.478 e. The number of carbonyl (C=O) groups is 1. The minimum Gasteiger partial charge on any atom is -0.478 e. The van der Waals surface area contributed by atoms with E-state index in [0.29, 0.717) is 24.1 Å². The average molecular weight is 395 g/mol. The summed E-state index contributed by atoms with van der Waals surface area (Å²) in [5, 5.41) is 9.25. The highest BCUT2D eigenvalue weighted by molar-refractivity contribution is 7.91. The molecule has 0 spiro atoms. The molecule has 144 valence electrons. The Kier molecular flexibility index (Phi) is 6.11. The number of hydrogen-bond donors (Lipinski definition) is 2. The van der Waals surface area contributed by atoms with Crippen LogP contribution in [-0.2, 0) is 28.6 Å². The first-order valence-corrected chi connectivity index (χ1v) is 10.5. The number of carboxylic acids is 1. The number of benzene rings is 3. The third kappa shape index (κ3) is 5.44. The highest BCUT2D eigenvalue weighted by Gasteiger charge is 2.12. The quantitative estimate of drug-likeness (QED) is 0.601. The molecule has 0 unspecified atom stereocenters. The van der Waals surface area contributed by atoms with Crippen molar-refractivity contribution in [2.45, 2.75) is 18.6 Å². The van der Waals surface area contributed by atoms with Crippen LogP contribution >= 0.6 is 0 Å². The molecule has 0 fully saturated rings. The van der Waals surface area contributed by atoms with Gasteiger partial charge in [0.1, 0.15) is 0 Å². The van der Waals surface area contributed by atoms with Crippen molar-refractivity contribution in [2.24, 2.45) is 0 Å². The summed E-state index contributed by atoms with van der Waals surface area (Å²) in [5.41, 5.74) is 3.33. The van der Waals surface area contributed by atoms with Crippen molar-refractivity contribution in [1.82, 2.24) is 0 Å². The summed E-state index contributed by atoms with van der Waals surface area (Å²) in [4.78, 5) is 11.3. The Labute approximate surface area is 164 Å². The summed E-state index contributed by atoms with van der Waals surface area (Å²) in [5.74, 6) is -1.01. The number of sulfonamides is 1. The van der Waals surface area contributed by atoms with Crippen molar-refractivity contribution in [3.8, 4) is 0 Å². The minimum absolute atomic E-state index is 0.0818. The van der Waals surface area contributed by atoms with Gasteiger partial charge in [0.05, 0.1) is 11.3 Å². The summed E-state index contributed by atoms with van der Waals surface area (Å²) >= 11 is 0. The summed E-state index contributed by atoms with van der Waals surface area (Å²) in [6.07, 6.45) is 1.27. The van der Waals surface area contributed by atoms with Crippen LogP contribution < -0.4 is 4.72 Å². The van der Waals surface area contributed by atoms with E-state index in [1.54, 1.807) is 36.4 Å². The van der Waals surface area contributed by atoms with Gasteiger partial charge in [-0.05, 0) is 47.7 Å². The molecule has 6 heteroatoms. The van der Waals surface area contributed by atoms with Gasteiger partial charge in [-0.3, -0.25) is 4.72 Å². The van der Waals surface area contributed by atoms with Crippen molar-refractivity contribution < 1.29 is 18.3 Å². The predicted octanol–water partition coefficient (Wildman–Crippen LogP) is 4.11. The summed E-state index contributed by atoms with van der Waals surface area (Å²) in [6, 6.07) is 23.1. The van der Waals surface area contributed by atoms with Crippen LogP contribution in [0.15, 0.2) is 78.9 Å². The highest BCUT2D eigenvalue weighted by atomic mass is 32.2. The Morgan fingerprint density at radius 2 is 1.43 bits per heavy atom. The zero-order chi connectivity index (χ0) is 20.0. The molecule has 0 aromatic heterocycles. The van der Waals surface area contributed by atoms with Crippen LogP contribution in [0.3, 0.4) is 0 Å². The van der Waals surface area contributed by atoms with Crippen molar-refractivity contribution in [3.05, 3.63) is 101 Å². The number of rotatable bonds is 8. The first-order valence-electron chi connectivity index (χ1n) is 8.87. The van der Waals surface area contributed by atoms with Crippen LogP contribution in [0.1, 0.15) is 27.0 Å². The molecule has 3 rings (SSSR count). The maximum atomic E-state index is 12.3. The Bertz CT molecular complexity index is 1050. The van der Waals surface area contributed by atoms with Gasteiger partial charge in [-0.2, -0.15) is 0 Å². The zero-order valence-electron chi connectivity index (χ0n) is 15.2. The first kappa shape index (κ1) is 19.6. The fourth-order valence-electron chi connectivity index (χ4n) is 2.97. The molecule has 0 heterocycles. The van der Waals surface area contributed by atoms with Gasteiger partial charge in [0, 0.05) is 5.69 Å². The summed E-state index contributed by atoms with van der Waals surface area (Å²) in [7, 11) is -3.49. The van der Waals surface area contributed by atoms with Crippen LogP contribution in [0.25, 0.3) is 0 Å². The van der Waals surface area contributed by atoms with Crippen LogP contribution in [0.4, 0.5) is 5.69 Å². The lowest BCUT2D eigenvalue weighted by Gasteiger charge is -2.10. The Morgan fingerprint density at radius 3 is 2.11 bits per heavy atom. The van der Waals surface area contributed by atoms with E-state index in [-0.39, 0.29) is 5.75 Å². The van der Waals surface area contributed by atoms with Crippen LogP contribution in [0.5, 0.6) is 0 Å². The maximum absolute atomic E-state index is 12.3. The lowest BCUT2D eigenvalue weighted by atomic mass is 10.00. The Balaban J connectivity index is 1.62. The third-order valence-electron chi connectivity index (χ3n) is 4.36. The molecule has 2 N–H and O–H groups in total. The van der Waals surface area contributed by atoms with Crippen LogP contribution in [-0.4, -0.2) is 19.5 Å². The molecule has 0 atom stereocenters. The van der Waals surface area contributed by atoms with Gasteiger partial charge >= 0.3 is 5.97 Å². The lowest BCUT2D eigenvalue weighted by Crippen LogP contribution is -2.15. The van der Waals surface area contributed by atoms with Crippen LogP contribution in [0, 0.1) is 0 Å². The number of nitrogens with one attached hydrogen (secondary N) is 1. The second kappa shape index (κ2) is 8.71. The van der Waals surface area contributed by atoms with Crippen molar-refractivity contribution in [2.75, 3.05) is 4.72 Å². The monoisotopic (exact) mass is 395 g/mol. The van der Waals surface area contributed by atoms with Gasteiger partial charge in [0.2, 0.25) is 10.0 Å². The van der Waals surface area contributed by atoms with Gasteiger partial charge in [-0.1, -0.05) is 60.7 Å². The second-order valence-corrected chi connectivity index (χ2v) is 8.23. The Morgan fingerprint density at radius 1 is 0.786 bits per heavy atom. The van der Waals surface area contributed by atoms with E-state index >= 15 is 0 Å². The van der Waals surface area contributed by atoms with E-state index in [0.717, 1.165) is 16.7 Å². The van der Waals surface area contributed by atoms with E-state index in [1.165, 1.54) is 0 Å². The van der Waals surface area contributed by atoms with Gasteiger partial charge in [-0.25, -0.2) is 13.2 Å². The normalized spacial score (nSPS) is 11.1. The van der Waals surface area contributed by atoms with Crippen molar-refractivity contribution in [1.29, 1.82) is 0 Å². The Hall–Kier alpha value is -3.12. The van der Waals surface area contributed by atoms with E-state index in [1.807, 2.05) is 42.5 Å². The summed E-state index contributed by atoms with van der Waals surface area (Å²) < 4.78 is 27.2. The lowest BCUT2D eigenvalue weighted by molar-refractivity contribution is 0.0695. The standard InChI is InChI=1S/C22H21NO4S/c24-22(25)21-9-5-4-8-19(21)13-10-17-11-14-20(15-12-17)23-28(26,27)16-18-6-2-1-3-7-18/h1-9,11-12,14-15,23H,10,13,16H2,(H,24,25). The van der Waals surface area contributed by atoms with Gasteiger partial charge in [0.25, 0.3) is 0 Å². The van der Waals surface area contributed by atoms with Gasteiger partial charge < -0.3 is 5.11 Å². The molecule has 3 aromatic carbocycles. The van der Waals surface area contributed by atoms with E-state index in [2.05, 4.69) is 4.72 Å². The minimum atomic E-state index is -3.49. The predicted molar refractivity (Wildman–Crippen MR) is 110 cm³/mol. The van der Waals surface area contributed by atoms with E-state index in [4.69, 9.17) is 0 Å². The highest BCUT2D eigenvalue weighted by Crippen LogP contribution is 2.17. The first-order chi connectivity index (χ1) is 13.4. The maximum Gasteiger partial charge on any atom is 0.335 e. The molecule has 0 saturated carbocycles. The fourth-order valence-corrected chi connectivity index (χ4v) is 4.17. The molecular weight excluding hydrogens is 374 g/mol. The van der Waals surface area contributed by atoms with Crippen LogP contribution in [0.2, 0.25) is 0 Å². The van der Waals surface area contributed by atoms with E-state index < -0.39 is 16.0 Å². The fraction of sp³-hybridized carbons (Fsp3) is 0.136.